The van der Waals surface area contributed by atoms with Gasteiger partial charge in [0.25, 0.3) is 0 Å². The number of rotatable bonds is 4. The molecule has 0 fully saturated rings. The lowest BCUT2D eigenvalue weighted by Gasteiger charge is -2.08. The molecule has 0 saturated carbocycles. The minimum atomic E-state index is -1.19. The van der Waals surface area contributed by atoms with Crippen molar-refractivity contribution in [3.63, 3.8) is 0 Å². The number of hydrogen-bond acceptors (Lipinski definition) is 5. The van der Waals surface area contributed by atoms with E-state index in [2.05, 4.69) is 20.5 Å². The summed E-state index contributed by atoms with van der Waals surface area (Å²) in [7, 11) is 0. The molecular formula is C13H9F2N5O2. The molecule has 3 aromatic rings. The molecule has 7 nitrogen and oxygen atoms in total. The van der Waals surface area contributed by atoms with Gasteiger partial charge in [-0.25, -0.2) is 9.37 Å². The number of halogens is 2. The summed E-state index contributed by atoms with van der Waals surface area (Å²) in [5, 5.41) is 20.7. The standard InChI is InChI=1S/C13H9F2N5O2/c14-10-1-2-11(20(21)22)12(15)9(10)6-16-8-3-7-4-18-19-13(7)17-5-8/h1-5,16H,6H2,(H,17,18,19). The Labute approximate surface area is 122 Å². The normalized spacial score (nSPS) is 10.8. The van der Waals surface area contributed by atoms with Crippen LogP contribution in [-0.2, 0) is 6.54 Å². The molecule has 9 heteroatoms. The second-order valence-electron chi connectivity index (χ2n) is 4.50. The van der Waals surface area contributed by atoms with E-state index in [0.29, 0.717) is 11.3 Å². The van der Waals surface area contributed by atoms with Gasteiger partial charge in [0, 0.05) is 23.6 Å². The summed E-state index contributed by atoms with van der Waals surface area (Å²) in [4.78, 5) is 13.9. The van der Waals surface area contributed by atoms with Gasteiger partial charge in [0.1, 0.15) is 5.82 Å². The predicted octanol–water partition coefficient (Wildman–Crippen LogP) is 2.76. The molecule has 0 spiro atoms. The number of hydrogen-bond donors (Lipinski definition) is 2. The molecule has 0 radical (unpaired) electrons. The number of anilines is 1. The maximum Gasteiger partial charge on any atom is 0.305 e. The minimum absolute atomic E-state index is 0.246. The van der Waals surface area contributed by atoms with E-state index in [9.17, 15) is 18.9 Å². The third kappa shape index (κ3) is 2.43. The van der Waals surface area contributed by atoms with Gasteiger partial charge in [-0.3, -0.25) is 15.2 Å². The average molecular weight is 305 g/mol. The molecule has 2 heterocycles. The topological polar surface area (TPSA) is 96.7 Å². The largest absolute Gasteiger partial charge is 0.379 e. The predicted molar refractivity (Wildman–Crippen MR) is 74.2 cm³/mol. The first-order chi connectivity index (χ1) is 10.6. The minimum Gasteiger partial charge on any atom is -0.379 e. The van der Waals surface area contributed by atoms with Gasteiger partial charge in [0.05, 0.1) is 23.0 Å². The van der Waals surface area contributed by atoms with Crippen molar-refractivity contribution < 1.29 is 13.7 Å². The molecule has 0 amide bonds. The summed E-state index contributed by atoms with van der Waals surface area (Å²) in [6.45, 7) is -0.246. The number of fused-ring (bicyclic) bond motifs is 1. The van der Waals surface area contributed by atoms with E-state index < -0.39 is 27.8 Å². The molecule has 0 bridgehead atoms. The van der Waals surface area contributed by atoms with Gasteiger partial charge in [-0.05, 0) is 12.1 Å². The number of benzene rings is 1. The fraction of sp³-hybridized carbons (Fsp3) is 0.0769. The van der Waals surface area contributed by atoms with Gasteiger partial charge in [-0.2, -0.15) is 9.49 Å². The van der Waals surface area contributed by atoms with Crippen molar-refractivity contribution in [3.05, 3.63) is 57.9 Å². The number of nitro groups is 1. The van der Waals surface area contributed by atoms with Gasteiger partial charge in [-0.1, -0.05) is 0 Å². The summed E-state index contributed by atoms with van der Waals surface area (Å²) < 4.78 is 27.6. The fourth-order valence-electron chi connectivity index (χ4n) is 2.01. The molecule has 2 aromatic heterocycles. The Morgan fingerprint density at radius 1 is 1.32 bits per heavy atom. The van der Waals surface area contributed by atoms with Gasteiger partial charge < -0.3 is 5.32 Å². The Hall–Kier alpha value is -3.10. The van der Waals surface area contributed by atoms with E-state index >= 15 is 0 Å². The van der Waals surface area contributed by atoms with Gasteiger partial charge in [0.2, 0.25) is 5.82 Å². The molecule has 112 valence electrons. The van der Waals surface area contributed by atoms with E-state index in [1.165, 1.54) is 6.20 Å². The van der Waals surface area contributed by atoms with Crippen LogP contribution in [0, 0.1) is 21.7 Å². The van der Waals surface area contributed by atoms with E-state index in [-0.39, 0.29) is 6.54 Å². The highest BCUT2D eigenvalue weighted by molar-refractivity contribution is 5.77. The SMILES string of the molecule is O=[N+]([O-])c1ccc(F)c(CNc2cnc3[nH]ncc3c2)c1F. The third-order valence-electron chi connectivity index (χ3n) is 3.12. The van der Waals surface area contributed by atoms with E-state index in [4.69, 9.17) is 0 Å². The summed E-state index contributed by atoms with van der Waals surface area (Å²) >= 11 is 0. The van der Waals surface area contributed by atoms with Crippen molar-refractivity contribution in [2.45, 2.75) is 6.54 Å². The molecule has 3 rings (SSSR count). The summed E-state index contributed by atoms with van der Waals surface area (Å²) in [5.41, 5.74) is -0.0689. The third-order valence-corrected chi connectivity index (χ3v) is 3.12. The Kier molecular flexibility index (Phi) is 3.37. The Balaban J connectivity index is 1.86. The van der Waals surface area contributed by atoms with Crippen LogP contribution in [0.5, 0.6) is 0 Å². The molecule has 0 aliphatic rings. The Morgan fingerprint density at radius 3 is 2.91 bits per heavy atom. The van der Waals surface area contributed by atoms with E-state index in [1.807, 2.05) is 0 Å². The van der Waals surface area contributed by atoms with Crippen molar-refractivity contribution in [1.82, 2.24) is 15.2 Å². The van der Waals surface area contributed by atoms with Crippen molar-refractivity contribution in [1.29, 1.82) is 0 Å². The molecule has 0 aliphatic heterocycles. The number of H-pyrrole nitrogens is 1. The fourth-order valence-corrected chi connectivity index (χ4v) is 2.01. The maximum atomic E-state index is 13.9. The molecule has 0 atom stereocenters. The van der Waals surface area contributed by atoms with Crippen LogP contribution in [0.15, 0.2) is 30.6 Å². The van der Waals surface area contributed by atoms with E-state index in [1.54, 1.807) is 12.3 Å². The molecule has 22 heavy (non-hydrogen) atoms. The summed E-state index contributed by atoms with van der Waals surface area (Å²) in [6.07, 6.45) is 3.02. The van der Waals surface area contributed by atoms with E-state index in [0.717, 1.165) is 17.5 Å². The lowest BCUT2D eigenvalue weighted by atomic mass is 10.1. The second kappa shape index (κ2) is 5.35. The highest BCUT2D eigenvalue weighted by Crippen LogP contribution is 2.24. The van der Waals surface area contributed by atoms with Gasteiger partial charge in [-0.15, -0.1) is 0 Å². The van der Waals surface area contributed by atoms with Crippen LogP contribution in [-0.4, -0.2) is 20.1 Å². The quantitative estimate of drug-likeness (QED) is 0.570. The van der Waals surface area contributed by atoms with Crippen LogP contribution < -0.4 is 5.32 Å². The first-order valence-electron chi connectivity index (χ1n) is 6.20. The number of pyridine rings is 1. The van der Waals surface area contributed by atoms with Crippen LogP contribution in [0.2, 0.25) is 0 Å². The molecular weight excluding hydrogens is 296 g/mol. The van der Waals surface area contributed by atoms with Crippen molar-refractivity contribution in [2.75, 3.05) is 5.32 Å². The number of nitrogens with zero attached hydrogens (tertiary/aromatic N) is 3. The van der Waals surface area contributed by atoms with Crippen molar-refractivity contribution in [3.8, 4) is 0 Å². The number of aromatic nitrogens is 3. The molecule has 0 aliphatic carbocycles. The zero-order chi connectivity index (χ0) is 15.7. The van der Waals surface area contributed by atoms with Crippen LogP contribution in [0.25, 0.3) is 11.0 Å². The zero-order valence-electron chi connectivity index (χ0n) is 11.0. The lowest BCUT2D eigenvalue weighted by molar-refractivity contribution is -0.387. The smallest absolute Gasteiger partial charge is 0.305 e. The monoisotopic (exact) mass is 305 g/mol. The zero-order valence-corrected chi connectivity index (χ0v) is 11.0. The number of nitrogens with one attached hydrogen (secondary N) is 2. The summed E-state index contributed by atoms with van der Waals surface area (Å²) in [6, 6.07) is 3.36. The molecule has 2 N–H and O–H groups in total. The molecule has 0 unspecified atom stereocenters. The average Bonchev–Trinajstić information content (AvgIpc) is 2.94. The van der Waals surface area contributed by atoms with Crippen molar-refractivity contribution >= 4 is 22.4 Å². The molecule has 0 saturated heterocycles. The van der Waals surface area contributed by atoms with Crippen LogP contribution in [0.3, 0.4) is 0 Å². The highest BCUT2D eigenvalue weighted by Gasteiger charge is 2.21. The lowest BCUT2D eigenvalue weighted by Crippen LogP contribution is -2.07. The summed E-state index contributed by atoms with van der Waals surface area (Å²) in [5.74, 6) is -2.04. The van der Waals surface area contributed by atoms with Crippen LogP contribution in [0.1, 0.15) is 5.56 Å². The Bertz CT molecular complexity index is 865. The Morgan fingerprint density at radius 2 is 2.14 bits per heavy atom. The maximum absolute atomic E-state index is 13.9. The van der Waals surface area contributed by atoms with Crippen molar-refractivity contribution in [2.24, 2.45) is 0 Å². The van der Waals surface area contributed by atoms with Gasteiger partial charge in [0.15, 0.2) is 5.65 Å². The second-order valence-corrected chi connectivity index (χ2v) is 4.50. The first-order valence-corrected chi connectivity index (χ1v) is 6.20. The number of nitro benzene ring substituents is 1. The van der Waals surface area contributed by atoms with Gasteiger partial charge >= 0.3 is 5.69 Å². The highest BCUT2D eigenvalue weighted by atomic mass is 19.1. The van der Waals surface area contributed by atoms with Crippen LogP contribution >= 0.6 is 0 Å². The van der Waals surface area contributed by atoms with Crippen LogP contribution in [0.4, 0.5) is 20.2 Å². The first kappa shape index (κ1) is 13.9. The molecule has 1 aromatic carbocycles. The number of aromatic amines is 1.